The van der Waals surface area contributed by atoms with Gasteiger partial charge in [0.2, 0.25) is 10.2 Å². The van der Waals surface area contributed by atoms with Crippen LogP contribution < -0.4 is 0 Å². The first-order valence-corrected chi connectivity index (χ1v) is 12.3. The van der Waals surface area contributed by atoms with Crippen molar-refractivity contribution in [3.8, 4) is 0 Å². The molecule has 0 aliphatic rings. The highest BCUT2D eigenvalue weighted by Gasteiger charge is 2.57. The quantitative estimate of drug-likeness (QED) is 0.170. The van der Waals surface area contributed by atoms with Gasteiger partial charge in [-0.25, -0.2) is 0 Å². The first kappa shape index (κ1) is 36.7. The van der Waals surface area contributed by atoms with Gasteiger partial charge in [-0.15, -0.1) is 12.6 Å². The van der Waals surface area contributed by atoms with Gasteiger partial charge in [-0.05, 0) is 12.8 Å². The molecule has 0 heterocycles. The molecule has 15 heteroatoms. The molecule has 0 aliphatic heterocycles. The number of aliphatic hydroxyl groups is 1. The fraction of sp³-hybridized carbons (Fsp3) is 0.417. The van der Waals surface area contributed by atoms with Gasteiger partial charge in [-0.2, -0.15) is 43.9 Å². The lowest BCUT2D eigenvalue weighted by atomic mass is 10.2. The molecule has 0 radical (unpaired) electrons. The number of aliphatic hydroxyl groups excluding tert-OH is 1. The first-order valence-electron chi connectivity index (χ1n) is 10.9. The highest BCUT2D eigenvalue weighted by atomic mass is 32.2. The van der Waals surface area contributed by atoms with Crippen LogP contribution in [-0.4, -0.2) is 51.9 Å². The monoisotopic (exact) mass is 614 g/mol. The topological polar surface area (TPSA) is 54.4 Å². The van der Waals surface area contributed by atoms with Crippen molar-refractivity contribution in [3.63, 3.8) is 0 Å². The largest absolute Gasteiger partial charge is 0.453 e. The summed E-state index contributed by atoms with van der Waals surface area (Å²) in [6, 6.07) is 17.1. The molecule has 0 saturated heterocycles. The van der Waals surface area contributed by atoms with Gasteiger partial charge in [0.1, 0.15) is 0 Å². The summed E-state index contributed by atoms with van der Waals surface area (Å²) in [5.41, 5.74) is 1.04. The zero-order valence-corrected chi connectivity index (χ0v) is 21.6. The predicted molar refractivity (Wildman–Crippen MR) is 131 cm³/mol. The summed E-state index contributed by atoms with van der Waals surface area (Å²) < 4.78 is 118. The Morgan fingerprint density at radius 1 is 0.667 bits per heavy atom. The second-order valence-electron chi connectivity index (χ2n) is 7.51. The van der Waals surface area contributed by atoms with Crippen LogP contribution in [0, 0.1) is 0 Å². The van der Waals surface area contributed by atoms with E-state index in [4.69, 9.17) is 5.11 Å². The number of alkyl halides is 10. The molecule has 0 spiro atoms. The van der Waals surface area contributed by atoms with E-state index in [-0.39, 0.29) is 22.4 Å². The molecular weight excluding hydrogens is 590 g/mol. The fourth-order valence-electron chi connectivity index (χ4n) is 2.28. The van der Waals surface area contributed by atoms with E-state index in [1.165, 1.54) is 0 Å². The Hall–Kier alpha value is -2.26. The number of hydrogen-bond donors (Lipinski definition) is 2. The number of carbonyl (C=O) groups is 2. The van der Waals surface area contributed by atoms with Gasteiger partial charge in [0.15, 0.2) is 0 Å². The Morgan fingerprint density at radius 2 is 1.05 bits per heavy atom. The van der Waals surface area contributed by atoms with Crippen molar-refractivity contribution in [2.24, 2.45) is 0 Å². The average Bonchev–Trinajstić information content (AvgIpc) is 2.86. The van der Waals surface area contributed by atoms with Crippen LogP contribution in [0.15, 0.2) is 60.7 Å². The molecule has 0 atom stereocenters. The van der Waals surface area contributed by atoms with E-state index in [1.54, 1.807) is 42.5 Å². The minimum Gasteiger partial charge on any atom is -0.396 e. The minimum atomic E-state index is -5.53. The Labute approximate surface area is 227 Å². The van der Waals surface area contributed by atoms with E-state index < -0.39 is 50.1 Å². The lowest BCUT2D eigenvalue weighted by Gasteiger charge is -2.18. The Morgan fingerprint density at radius 3 is 1.38 bits per heavy atom. The third-order valence-electron chi connectivity index (χ3n) is 4.38. The maximum atomic E-state index is 12.6. The molecular formula is C24H24F10O3S2. The molecule has 0 saturated carbocycles. The van der Waals surface area contributed by atoms with Crippen LogP contribution in [0.5, 0.6) is 0 Å². The van der Waals surface area contributed by atoms with Crippen LogP contribution in [0.4, 0.5) is 43.9 Å². The van der Waals surface area contributed by atoms with Gasteiger partial charge >= 0.3 is 24.2 Å². The molecule has 220 valence electrons. The first-order chi connectivity index (χ1) is 17.9. The van der Waals surface area contributed by atoms with Gasteiger partial charge in [0.05, 0.1) is 0 Å². The molecule has 0 aliphatic carbocycles. The highest BCUT2D eigenvalue weighted by Crippen LogP contribution is 2.39. The summed E-state index contributed by atoms with van der Waals surface area (Å²) in [5, 5.41) is 7.47. The molecule has 2 aromatic carbocycles. The third kappa shape index (κ3) is 14.6. The number of thiol groups is 1. The van der Waals surface area contributed by atoms with Crippen molar-refractivity contribution in [1.29, 1.82) is 0 Å². The van der Waals surface area contributed by atoms with Crippen molar-refractivity contribution in [2.75, 3.05) is 12.4 Å². The minimum absolute atomic E-state index is 0.0700. The van der Waals surface area contributed by atoms with Crippen LogP contribution in [0.2, 0.25) is 0 Å². The molecule has 0 bridgehead atoms. The van der Waals surface area contributed by atoms with Crippen molar-refractivity contribution >= 4 is 34.6 Å². The van der Waals surface area contributed by atoms with Gasteiger partial charge < -0.3 is 5.11 Å². The summed E-state index contributed by atoms with van der Waals surface area (Å²) in [7, 11) is 0. The summed E-state index contributed by atoms with van der Waals surface area (Å²) >= 11 is 4.39. The van der Waals surface area contributed by atoms with Crippen molar-refractivity contribution in [2.45, 2.75) is 49.9 Å². The fourth-order valence-corrected chi connectivity index (χ4v) is 3.21. The molecule has 1 N–H and O–H groups in total. The van der Waals surface area contributed by atoms with Gasteiger partial charge in [0.25, 0.3) is 0 Å². The Kier molecular flexibility index (Phi) is 15.8. The van der Waals surface area contributed by atoms with E-state index >= 15 is 0 Å². The summed E-state index contributed by atoms with van der Waals surface area (Å²) in [4.78, 5) is 22.0. The summed E-state index contributed by atoms with van der Waals surface area (Å²) in [6.07, 6.45) is -14.6. The third-order valence-corrected chi connectivity index (χ3v) is 5.63. The van der Waals surface area contributed by atoms with E-state index in [0.717, 1.165) is 11.8 Å². The van der Waals surface area contributed by atoms with Crippen LogP contribution in [0.3, 0.4) is 0 Å². The maximum absolute atomic E-state index is 12.6. The lowest BCUT2D eigenvalue weighted by molar-refractivity contribution is -0.284. The van der Waals surface area contributed by atoms with Gasteiger partial charge in [-0.3, -0.25) is 9.59 Å². The SMILES string of the molecule is O=C(S)c1ccccc1.O=C(SCCCC(F)(F)C(F)(F)F)c1ccccc1.OCCCC(F)(F)C(F)(F)F. The number of carbonyl (C=O) groups excluding carboxylic acids is 2. The molecule has 2 aromatic rings. The van der Waals surface area contributed by atoms with Crippen molar-refractivity contribution < 1.29 is 58.6 Å². The van der Waals surface area contributed by atoms with Crippen molar-refractivity contribution in [3.05, 3.63) is 71.8 Å². The second-order valence-corrected chi connectivity index (χ2v) is 8.98. The predicted octanol–water partition coefficient (Wildman–Crippen LogP) is 8.25. The van der Waals surface area contributed by atoms with Crippen LogP contribution in [0.25, 0.3) is 0 Å². The molecule has 0 amide bonds. The zero-order valence-electron chi connectivity index (χ0n) is 19.9. The highest BCUT2D eigenvalue weighted by molar-refractivity contribution is 8.14. The molecule has 0 fully saturated rings. The lowest BCUT2D eigenvalue weighted by Crippen LogP contribution is -2.36. The molecule has 0 unspecified atom stereocenters. The van der Waals surface area contributed by atoms with Crippen LogP contribution in [-0.2, 0) is 0 Å². The van der Waals surface area contributed by atoms with E-state index in [0.29, 0.717) is 11.1 Å². The van der Waals surface area contributed by atoms with E-state index in [2.05, 4.69) is 12.6 Å². The van der Waals surface area contributed by atoms with Gasteiger partial charge in [-0.1, -0.05) is 72.4 Å². The summed E-state index contributed by atoms with van der Waals surface area (Å²) in [5.74, 6) is -9.43. The van der Waals surface area contributed by atoms with Crippen molar-refractivity contribution in [1.82, 2.24) is 0 Å². The Bertz CT molecular complexity index is 983. The maximum Gasteiger partial charge on any atom is 0.453 e. The zero-order chi connectivity index (χ0) is 30.3. The number of hydrogen-bond acceptors (Lipinski definition) is 4. The normalized spacial score (nSPS) is 12.0. The Balaban J connectivity index is 0.000000611. The van der Waals surface area contributed by atoms with Crippen LogP contribution in [0.1, 0.15) is 46.4 Å². The second kappa shape index (κ2) is 16.8. The number of thioether (sulfide) groups is 1. The number of halogens is 10. The molecule has 39 heavy (non-hydrogen) atoms. The average molecular weight is 615 g/mol. The molecule has 3 nitrogen and oxygen atoms in total. The summed E-state index contributed by atoms with van der Waals surface area (Å²) in [6.45, 7) is -0.661. The van der Waals surface area contributed by atoms with Gasteiger partial charge in [0, 0.05) is 36.3 Å². The molecule has 2 rings (SSSR count). The smallest absolute Gasteiger partial charge is 0.396 e. The number of benzene rings is 2. The van der Waals surface area contributed by atoms with E-state index in [1.807, 2.05) is 18.2 Å². The number of rotatable bonds is 9. The van der Waals surface area contributed by atoms with Crippen LogP contribution >= 0.6 is 24.4 Å². The van der Waals surface area contributed by atoms with E-state index in [9.17, 15) is 53.5 Å². The molecule has 0 aromatic heterocycles. The standard InChI is InChI=1S/C12H11F5OS.C7H6OS.C5H7F5O/c13-11(14,12(15,16)17)7-4-8-19-10(18)9-5-2-1-3-6-9;8-7(9)6-4-2-1-3-5-6;6-4(7,2-1-3-11)5(8,9)10/h1-3,5-6H,4,7-8H2;1-5H,(H,8,9);11H,1-3H2.